The number of halogens is 3. The van der Waals surface area contributed by atoms with Crippen LogP contribution in [0.1, 0.15) is 37.4 Å². The van der Waals surface area contributed by atoms with Crippen LogP contribution in [0.5, 0.6) is 5.75 Å². The predicted octanol–water partition coefficient (Wildman–Crippen LogP) is 2.04. The molecule has 0 bridgehead atoms. The van der Waals surface area contributed by atoms with E-state index in [0.29, 0.717) is 0 Å². The molecule has 6 nitrogen and oxygen atoms in total. The van der Waals surface area contributed by atoms with Crippen LogP contribution in [0.3, 0.4) is 0 Å². The standard InChI is InChI=1S/C22H15F3N2O4S.Na/c1-31-15-7-6-10(22(23,24)25)8-13(15)27-14-9-16(32-30)19(26)18-17(14)20(28)11-4-2-3-5-12(11)21(18)29;/h2-9,27,30H,26H2,1H3;/q;+1/p-1. The number of carbonyl (C=O) groups excluding carboxylic acids is 2. The van der Waals surface area contributed by atoms with E-state index in [0.717, 1.165) is 18.2 Å². The third-order valence-corrected chi connectivity index (χ3v) is 5.60. The molecule has 11 heteroatoms. The number of ketones is 2. The second kappa shape index (κ2) is 9.40. The van der Waals surface area contributed by atoms with Crippen molar-refractivity contribution in [2.75, 3.05) is 18.2 Å². The quantitative estimate of drug-likeness (QED) is 0.261. The molecule has 0 heterocycles. The summed E-state index contributed by atoms with van der Waals surface area (Å²) >= 11 is 0.00512. The molecule has 164 valence electrons. The minimum Gasteiger partial charge on any atom is -0.795 e. The van der Waals surface area contributed by atoms with Gasteiger partial charge in [-0.3, -0.25) is 9.59 Å². The molecule has 0 atom stereocenters. The Morgan fingerprint density at radius 1 is 0.970 bits per heavy atom. The van der Waals surface area contributed by atoms with E-state index in [1.54, 1.807) is 12.1 Å². The van der Waals surface area contributed by atoms with Crippen molar-refractivity contribution in [3.8, 4) is 5.75 Å². The predicted molar refractivity (Wildman–Crippen MR) is 112 cm³/mol. The second-order valence-electron chi connectivity index (χ2n) is 6.91. The van der Waals surface area contributed by atoms with Gasteiger partial charge in [0.05, 0.1) is 40.9 Å². The average molecular weight is 482 g/mol. The van der Waals surface area contributed by atoms with Crippen LogP contribution >= 0.6 is 12.0 Å². The Bertz CT molecular complexity index is 1280. The molecule has 0 spiro atoms. The summed E-state index contributed by atoms with van der Waals surface area (Å²) in [6, 6.07) is 10.1. The van der Waals surface area contributed by atoms with Gasteiger partial charge in [0.15, 0.2) is 11.6 Å². The second-order valence-corrected chi connectivity index (χ2v) is 7.52. The van der Waals surface area contributed by atoms with E-state index < -0.39 is 23.3 Å². The zero-order valence-corrected chi connectivity index (χ0v) is 20.2. The molecule has 0 unspecified atom stereocenters. The van der Waals surface area contributed by atoms with Crippen LogP contribution in [-0.2, 0) is 6.18 Å². The van der Waals surface area contributed by atoms with Crippen molar-refractivity contribution in [1.82, 2.24) is 0 Å². The Hall–Kier alpha value is -2.50. The minimum atomic E-state index is -4.62. The van der Waals surface area contributed by atoms with Gasteiger partial charge in [0.25, 0.3) is 0 Å². The van der Waals surface area contributed by atoms with Gasteiger partial charge in [-0.05, 0) is 24.3 Å². The van der Waals surface area contributed by atoms with Crippen molar-refractivity contribution in [3.63, 3.8) is 0 Å². The maximum atomic E-state index is 13.3. The van der Waals surface area contributed by atoms with E-state index in [-0.39, 0.29) is 91.6 Å². The summed E-state index contributed by atoms with van der Waals surface area (Å²) < 4.78 is 56.5. The summed E-state index contributed by atoms with van der Waals surface area (Å²) in [5.74, 6) is -1.03. The van der Waals surface area contributed by atoms with Crippen molar-refractivity contribution in [3.05, 3.63) is 76.3 Å². The third kappa shape index (κ3) is 4.36. The normalized spacial score (nSPS) is 12.5. The Balaban J connectivity index is 0.00000306. The van der Waals surface area contributed by atoms with E-state index in [1.165, 1.54) is 25.3 Å². The maximum absolute atomic E-state index is 13.3. The Morgan fingerprint density at radius 3 is 2.12 bits per heavy atom. The van der Waals surface area contributed by atoms with Crippen LogP contribution < -0.4 is 45.3 Å². The largest absolute Gasteiger partial charge is 1.00 e. The van der Waals surface area contributed by atoms with Crippen LogP contribution in [0.4, 0.5) is 30.2 Å². The van der Waals surface area contributed by atoms with Crippen LogP contribution in [0, 0.1) is 0 Å². The molecule has 3 aromatic rings. The fourth-order valence-electron chi connectivity index (χ4n) is 3.59. The molecule has 0 aromatic heterocycles. The molecule has 3 N–H and O–H groups in total. The maximum Gasteiger partial charge on any atom is 1.00 e. The Morgan fingerprint density at radius 2 is 1.58 bits per heavy atom. The van der Waals surface area contributed by atoms with Gasteiger partial charge >= 0.3 is 35.7 Å². The first kappa shape index (κ1) is 25.1. The monoisotopic (exact) mass is 482 g/mol. The molecule has 0 saturated carbocycles. The SMILES string of the molecule is COc1ccc(C(F)(F)F)cc1Nc1cc(S[O-])c(N)c2c1C(=O)c1ccccc1C2=O.[Na+]. The van der Waals surface area contributed by atoms with E-state index in [1.807, 2.05) is 0 Å². The van der Waals surface area contributed by atoms with Gasteiger partial charge in [0.1, 0.15) is 5.75 Å². The summed E-state index contributed by atoms with van der Waals surface area (Å²) in [5.41, 5.74) is 4.77. The fourth-order valence-corrected chi connectivity index (χ4v) is 3.95. The number of anilines is 3. The van der Waals surface area contributed by atoms with Crippen LogP contribution in [0.15, 0.2) is 53.4 Å². The number of fused-ring (bicyclic) bond motifs is 2. The number of carbonyl (C=O) groups is 2. The number of nitrogens with two attached hydrogens (primary N) is 1. The molecule has 0 amide bonds. The molecule has 33 heavy (non-hydrogen) atoms. The number of methoxy groups -OCH3 is 1. The van der Waals surface area contributed by atoms with E-state index in [4.69, 9.17) is 10.5 Å². The molecule has 3 aromatic carbocycles. The first-order valence-corrected chi connectivity index (χ1v) is 9.88. The van der Waals surface area contributed by atoms with Crippen molar-refractivity contribution in [2.24, 2.45) is 0 Å². The van der Waals surface area contributed by atoms with Gasteiger partial charge in [-0.15, -0.1) is 0 Å². The topological polar surface area (TPSA) is 104 Å². The molecule has 0 radical (unpaired) electrons. The van der Waals surface area contributed by atoms with E-state index in [2.05, 4.69) is 5.32 Å². The number of ether oxygens (including phenoxy) is 1. The first-order chi connectivity index (χ1) is 15.2. The first-order valence-electron chi connectivity index (χ1n) is 9.14. The summed E-state index contributed by atoms with van der Waals surface area (Å²) in [6.45, 7) is 0. The van der Waals surface area contributed by atoms with Crippen molar-refractivity contribution in [2.45, 2.75) is 11.1 Å². The summed E-state index contributed by atoms with van der Waals surface area (Å²) in [5, 5.41) is 2.74. The zero-order valence-electron chi connectivity index (χ0n) is 17.4. The van der Waals surface area contributed by atoms with Gasteiger partial charge < -0.3 is 20.3 Å². The van der Waals surface area contributed by atoms with Crippen LogP contribution in [0.25, 0.3) is 0 Å². The van der Waals surface area contributed by atoms with Gasteiger partial charge in [-0.2, -0.15) is 13.2 Å². The molecular formula is C22H14F3N2NaO4S. The molecule has 0 aliphatic heterocycles. The summed E-state index contributed by atoms with van der Waals surface area (Å²) in [6.07, 6.45) is -4.62. The Kier molecular flexibility index (Phi) is 7.15. The zero-order chi connectivity index (χ0) is 23.2. The average Bonchev–Trinajstić information content (AvgIpc) is 2.77. The van der Waals surface area contributed by atoms with Crippen molar-refractivity contribution >= 4 is 40.7 Å². The number of nitrogen functional groups attached to an aromatic ring is 1. The number of nitrogens with one attached hydrogen (secondary N) is 1. The van der Waals surface area contributed by atoms with Gasteiger partial charge in [-0.25, -0.2) is 12.0 Å². The van der Waals surface area contributed by atoms with Gasteiger partial charge in [0.2, 0.25) is 0 Å². The van der Waals surface area contributed by atoms with E-state index in [9.17, 15) is 27.3 Å². The summed E-state index contributed by atoms with van der Waals surface area (Å²) in [7, 11) is 1.27. The minimum absolute atomic E-state index is 0. The molecule has 0 fully saturated rings. The van der Waals surface area contributed by atoms with Gasteiger partial charge in [-0.1, -0.05) is 24.3 Å². The molecule has 0 saturated heterocycles. The number of hydrogen-bond donors (Lipinski definition) is 2. The molecule has 1 aliphatic rings. The van der Waals surface area contributed by atoms with Crippen LogP contribution in [0.2, 0.25) is 0 Å². The Labute approximate surface area is 212 Å². The molecule has 4 rings (SSSR count). The number of rotatable bonds is 4. The number of hydrogen-bond acceptors (Lipinski definition) is 7. The van der Waals surface area contributed by atoms with Crippen molar-refractivity contribution < 1.29 is 61.6 Å². The molecular weight excluding hydrogens is 468 g/mol. The van der Waals surface area contributed by atoms with Crippen molar-refractivity contribution in [1.29, 1.82) is 0 Å². The molecule has 1 aliphatic carbocycles. The fraction of sp³-hybridized carbons (Fsp3) is 0.0909. The van der Waals surface area contributed by atoms with E-state index >= 15 is 0 Å². The summed E-state index contributed by atoms with van der Waals surface area (Å²) in [4.78, 5) is 26.3. The smallest absolute Gasteiger partial charge is 0.795 e. The number of alkyl halides is 3. The number of benzene rings is 3. The third-order valence-electron chi connectivity index (χ3n) is 5.09. The van der Waals surface area contributed by atoms with Crippen LogP contribution in [-0.4, -0.2) is 23.2 Å². The van der Waals surface area contributed by atoms with Gasteiger partial charge in [0, 0.05) is 16.0 Å².